The topological polar surface area (TPSA) is 59.5 Å². The highest BCUT2D eigenvalue weighted by molar-refractivity contribution is 6.34. The van der Waals surface area contributed by atoms with Gasteiger partial charge < -0.3 is 4.74 Å². The molecule has 0 radical (unpaired) electrons. The lowest BCUT2D eigenvalue weighted by Crippen LogP contribution is -2.43. The molecule has 0 aliphatic carbocycles. The minimum Gasteiger partial charge on any atom is -0.464 e. The van der Waals surface area contributed by atoms with Crippen molar-refractivity contribution in [1.29, 1.82) is 0 Å². The first-order valence-electron chi connectivity index (χ1n) is 7.08. The second kappa shape index (κ2) is 7.19. The fourth-order valence-electron chi connectivity index (χ4n) is 2.24. The molecule has 0 bridgehead atoms. The summed E-state index contributed by atoms with van der Waals surface area (Å²) in [5.41, 5.74) is 0.0370. The molecule has 1 unspecified atom stereocenters. The van der Waals surface area contributed by atoms with Crippen LogP contribution >= 0.6 is 11.6 Å². The van der Waals surface area contributed by atoms with Gasteiger partial charge in [0.05, 0.1) is 17.7 Å². The van der Waals surface area contributed by atoms with Crippen molar-refractivity contribution in [2.45, 2.75) is 13.0 Å². The van der Waals surface area contributed by atoms with Crippen molar-refractivity contribution in [2.24, 2.45) is 0 Å². The van der Waals surface area contributed by atoms with Crippen LogP contribution in [-0.4, -0.2) is 48.4 Å². The van der Waals surface area contributed by atoms with Crippen molar-refractivity contribution >= 4 is 34.3 Å². The van der Waals surface area contributed by atoms with Gasteiger partial charge in [-0.15, -0.1) is 0 Å². The Hall–Kier alpha value is -2.12. The normalized spacial score (nSPS) is 12.5. The van der Waals surface area contributed by atoms with E-state index in [0.29, 0.717) is 0 Å². The van der Waals surface area contributed by atoms with Crippen molar-refractivity contribution in [3.8, 4) is 0 Å². The molecule has 1 heterocycles. The number of carbonyl (C=O) groups excluding carboxylic acids is 2. The zero-order valence-corrected chi connectivity index (χ0v) is 14.0. The number of pyridine rings is 1. The Morgan fingerprint density at radius 1 is 1.25 bits per heavy atom. The van der Waals surface area contributed by atoms with Gasteiger partial charge in [-0.25, -0.2) is 18.6 Å². The van der Waals surface area contributed by atoms with Crippen LogP contribution in [0.1, 0.15) is 17.3 Å². The molecule has 0 aliphatic rings. The van der Waals surface area contributed by atoms with Crippen LogP contribution in [0.15, 0.2) is 18.2 Å². The maximum Gasteiger partial charge on any atom is 0.331 e. The number of benzene rings is 1. The van der Waals surface area contributed by atoms with E-state index in [4.69, 9.17) is 16.3 Å². The number of aromatic nitrogens is 1. The van der Waals surface area contributed by atoms with E-state index in [1.807, 2.05) is 0 Å². The molecule has 0 saturated carbocycles. The Labute approximate surface area is 142 Å². The summed E-state index contributed by atoms with van der Waals surface area (Å²) in [7, 11) is 3.08. The lowest BCUT2D eigenvalue weighted by molar-refractivity contribution is -0.146. The largest absolute Gasteiger partial charge is 0.464 e. The molecule has 2 rings (SSSR count). The highest BCUT2D eigenvalue weighted by Crippen LogP contribution is 2.24. The molecule has 0 amide bonds. The molecule has 1 aromatic heterocycles. The Bertz CT molecular complexity index is 811. The second-order valence-corrected chi connectivity index (χ2v) is 5.63. The van der Waals surface area contributed by atoms with E-state index < -0.39 is 29.4 Å². The van der Waals surface area contributed by atoms with Crippen LogP contribution in [0.3, 0.4) is 0 Å². The maximum atomic E-state index is 13.4. The lowest BCUT2D eigenvalue weighted by atomic mass is 10.0. The average molecular weight is 357 g/mol. The standard InChI is InChI=1S/C16H15ClF2N2O3/c1-4-24-16(23)13(21(2)3)14(22)9-5-8-6-10(18)11(19)7-12(8)20-15(9)17/h5-7,13H,4H2,1-3H3. The van der Waals surface area contributed by atoms with E-state index in [1.54, 1.807) is 6.92 Å². The summed E-state index contributed by atoms with van der Waals surface area (Å²) in [6.07, 6.45) is 0. The number of ketones is 1. The van der Waals surface area contributed by atoms with Crippen LogP contribution in [0.5, 0.6) is 0 Å². The zero-order chi connectivity index (χ0) is 18.0. The summed E-state index contributed by atoms with van der Waals surface area (Å²) in [6, 6.07) is 1.87. The molecule has 0 saturated heterocycles. The second-order valence-electron chi connectivity index (χ2n) is 5.27. The molecule has 0 spiro atoms. The van der Waals surface area contributed by atoms with Crippen molar-refractivity contribution in [2.75, 3.05) is 20.7 Å². The number of halogens is 3. The third-order valence-electron chi connectivity index (χ3n) is 3.35. The van der Waals surface area contributed by atoms with E-state index in [0.717, 1.165) is 12.1 Å². The summed E-state index contributed by atoms with van der Waals surface area (Å²) in [5.74, 6) is -3.50. The number of fused-ring (bicyclic) bond motifs is 1. The first-order valence-corrected chi connectivity index (χ1v) is 7.46. The van der Waals surface area contributed by atoms with Gasteiger partial charge in [-0.3, -0.25) is 9.69 Å². The van der Waals surface area contributed by atoms with Crippen LogP contribution in [0.25, 0.3) is 10.9 Å². The van der Waals surface area contributed by atoms with Gasteiger partial charge >= 0.3 is 5.97 Å². The van der Waals surface area contributed by atoms with Gasteiger partial charge in [-0.05, 0) is 33.2 Å². The Morgan fingerprint density at radius 2 is 1.88 bits per heavy atom. The van der Waals surface area contributed by atoms with E-state index >= 15 is 0 Å². The SMILES string of the molecule is CCOC(=O)C(C(=O)c1cc2cc(F)c(F)cc2nc1Cl)N(C)C. The predicted octanol–water partition coefficient (Wildman–Crippen LogP) is 2.84. The summed E-state index contributed by atoms with van der Waals surface area (Å²) < 4.78 is 31.6. The van der Waals surface area contributed by atoms with Crippen LogP contribution in [0.4, 0.5) is 8.78 Å². The summed E-state index contributed by atoms with van der Waals surface area (Å²) in [4.78, 5) is 30.0. The predicted molar refractivity (Wildman–Crippen MR) is 85.1 cm³/mol. The molecule has 128 valence electrons. The van der Waals surface area contributed by atoms with Crippen LogP contribution < -0.4 is 0 Å². The van der Waals surface area contributed by atoms with Crippen molar-refractivity contribution < 1.29 is 23.1 Å². The number of hydrogen-bond acceptors (Lipinski definition) is 5. The number of nitrogens with zero attached hydrogens (tertiary/aromatic N) is 2. The number of Topliss-reactive ketones (excluding diaryl/α,β-unsaturated/α-hetero) is 1. The number of ether oxygens (including phenoxy) is 1. The highest BCUT2D eigenvalue weighted by Gasteiger charge is 2.32. The smallest absolute Gasteiger partial charge is 0.331 e. The van der Waals surface area contributed by atoms with Crippen LogP contribution in [0, 0.1) is 11.6 Å². The Kier molecular flexibility index (Phi) is 5.46. The quantitative estimate of drug-likeness (QED) is 0.357. The minimum atomic E-state index is -1.22. The molecule has 0 aliphatic heterocycles. The fraction of sp³-hybridized carbons (Fsp3) is 0.312. The molecular weight excluding hydrogens is 342 g/mol. The van der Waals surface area contributed by atoms with Gasteiger partial charge in [-0.2, -0.15) is 0 Å². The minimum absolute atomic E-state index is 0.0677. The molecule has 5 nitrogen and oxygen atoms in total. The van der Waals surface area contributed by atoms with Gasteiger partial charge in [0.25, 0.3) is 0 Å². The Balaban J connectivity index is 2.53. The molecule has 1 aromatic carbocycles. The van der Waals surface area contributed by atoms with E-state index in [-0.39, 0.29) is 28.2 Å². The monoisotopic (exact) mass is 356 g/mol. The lowest BCUT2D eigenvalue weighted by Gasteiger charge is -2.21. The molecule has 1 atom stereocenters. The molecule has 0 N–H and O–H groups in total. The molecule has 2 aromatic rings. The van der Waals surface area contributed by atoms with Crippen molar-refractivity contribution in [1.82, 2.24) is 9.88 Å². The fourth-order valence-corrected chi connectivity index (χ4v) is 2.48. The van der Waals surface area contributed by atoms with Crippen LogP contribution in [-0.2, 0) is 9.53 Å². The maximum absolute atomic E-state index is 13.4. The molecule has 0 fully saturated rings. The molecule has 8 heteroatoms. The third-order valence-corrected chi connectivity index (χ3v) is 3.64. The van der Waals surface area contributed by atoms with Crippen molar-refractivity contribution in [3.05, 3.63) is 40.6 Å². The molecular formula is C16H15ClF2N2O3. The zero-order valence-electron chi connectivity index (χ0n) is 13.3. The van der Waals surface area contributed by atoms with Gasteiger partial charge in [0.15, 0.2) is 23.5 Å². The van der Waals surface area contributed by atoms with E-state index in [9.17, 15) is 18.4 Å². The Morgan fingerprint density at radius 3 is 2.46 bits per heavy atom. The molecule has 24 heavy (non-hydrogen) atoms. The number of carbonyl (C=O) groups is 2. The summed E-state index contributed by atoms with van der Waals surface area (Å²) >= 11 is 6.00. The highest BCUT2D eigenvalue weighted by atomic mass is 35.5. The van der Waals surface area contributed by atoms with E-state index in [2.05, 4.69) is 4.98 Å². The van der Waals surface area contributed by atoms with E-state index in [1.165, 1.54) is 25.1 Å². The first-order chi connectivity index (χ1) is 11.3. The van der Waals surface area contributed by atoms with Gasteiger partial charge in [0, 0.05) is 11.5 Å². The third kappa shape index (κ3) is 3.52. The summed E-state index contributed by atoms with van der Waals surface area (Å²) in [6.45, 7) is 1.74. The number of rotatable bonds is 5. The van der Waals surface area contributed by atoms with Gasteiger partial charge in [-0.1, -0.05) is 11.6 Å². The first kappa shape index (κ1) is 18.2. The van der Waals surface area contributed by atoms with Gasteiger partial charge in [0.1, 0.15) is 5.15 Å². The number of esters is 1. The number of hydrogen-bond donors (Lipinski definition) is 0. The summed E-state index contributed by atoms with van der Waals surface area (Å²) in [5, 5.41) is -0.00216. The van der Waals surface area contributed by atoms with Crippen LogP contribution in [0.2, 0.25) is 5.15 Å². The average Bonchev–Trinajstić information content (AvgIpc) is 2.48. The van der Waals surface area contributed by atoms with Gasteiger partial charge in [0.2, 0.25) is 0 Å². The number of likely N-dealkylation sites (N-methyl/N-ethyl adjacent to an activating group) is 1. The van der Waals surface area contributed by atoms with Crippen molar-refractivity contribution in [3.63, 3.8) is 0 Å².